The lowest BCUT2D eigenvalue weighted by atomic mass is 10.1. The third-order valence-corrected chi connectivity index (χ3v) is 5.89. The molecular weight excluding hydrogens is 362 g/mol. The van der Waals surface area contributed by atoms with Crippen molar-refractivity contribution in [1.82, 2.24) is 8.28 Å². The lowest BCUT2D eigenvalue weighted by Crippen LogP contribution is -3.00. The first-order valence-electron chi connectivity index (χ1n) is 9.09. The van der Waals surface area contributed by atoms with E-state index in [0.717, 1.165) is 25.8 Å². The Hall–Kier alpha value is -0.630. The summed E-state index contributed by atoms with van der Waals surface area (Å²) in [6.45, 7) is 1.18. The molecule has 0 aromatic carbocycles. The maximum atomic E-state index is 12.0. The van der Waals surface area contributed by atoms with Crippen LogP contribution in [-0.2, 0) is 16.8 Å². The van der Waals surface area contributed by atoms with Crippen LogP contribution in [0.1, 0.15) is 64.2 Å². The van der Waals surface area contributed by atoms with Gasteiger partial charge in [0.15, 0.2) is 0 Å². The summed E-state index contributed by atoms with van der Waals surface area (Å²) in [5.41, 5.74) is 0. The standard InChI is InChI=1S/C17H34N3O3S.ClH/c1-18(2)24(22,23)20-15-14-19(17-20)13-11-9-7-5-3-4-6-8-10-12-16-21;/h14-15,17,21H,3-13,16H2,1-2H3;1H/q+1;/p-1. The Morgan fingerprint density at radius 1 is 0.920 bits per heavy atom. The number of hydrogen-bond acceptors (Lipinski definition) is 3. The van der Waals surface area contributed by atoms with Gasteiger partial charge in [-0.2, -0.15) is 12.7 Å². The summed E-state index contributed by atoms with van der Waals surface area (Å²) in [5, 5.41) is 8.70. The number of aromatic nitrogens is 2. The molecule has 0 atom stereocenters. The number of halogens is 1. The van der Waals surface area contributed by atoms with Gasteiger partial charge in [0.25, 0.3) is 6.33 Å². The Balaban J connectivity index is 0.00000576. The zero-order valence-electron chi connectivity index (χ0n) is 15.6. The van der Waals surface area contributed by atoms with E-state index in [0.29, 0.717) is 6.61 Å². The lowest BCUT2D eigenvalue weighted by Gasteiger charge is -2.05. The van der Waals surface area contributed by atoms with Crippen molar-refractivity contribution in [3.8, 4) is 0 Å². The topological polar surface area (TPSA) is 66.4 Å². The van der Waals surface area contributed by atoms with Gasteiger partial charge in [0, 0.05) is 20.7 Å². The number of imidazole rings is 1. The van der Waals surface area contributed by atoms with Crippen LogP contribution >= 0.6 is 0 Å². The summed E-state index contributed by atoms with van der Waals surface area (Å²) in [6, 6.07) is 0. The SMILES string of the molecule is CN(C)S(=O)(=O)n1cc[n+](CCCCCCCCCCCCO)c1.[Cl-]. The van der Waals surface area contributed by atoms with Crippen LogP contribution in [-0.4, -0.2) is 42.5 Å². The Kier molecular flexibility index (Phi) is 13.2. The fourth-order valence-electron chi connectivity index (χ4n) is 2.65. The average Bonchev–Trinajstić information content (AvgIpc) is 3.02. The molecule has 0 unspecified atom stereocenters. The van der Waals surface area contributed by atoms with Gasteiger partial charge in [-0.15, -0.1) is 3.97 Å². The molecule has 0 aliphatic carbocycles. The average molecular weight is 396 g/mol. The highest BCUT2D eigenvalue weighted by Crippen LogP contribution is 2.10. The molecule has 8 heteroatoms. The van der Waals surface area contributed by atoms with Crippen molar-refractivity contribution < 1.29 is 30.5 Å². The first kappa shape index (κ1) is 24.4. The van der Waals surface area contributed by atoms with E-state index in [1.54, 1.807) is 12.5 Å². The van der Waals surface area contributed by atoms with E-state index in [2.05, 4.69) is 0 Å². The number of unbranched alkanes of at least 4 members (excludes halogenated alkanes) is 9. The predicted octanol–water partition coefficient (Wildman–Crippen LogP) is -0.673. The molecule has 0 bridgehead atoms. The molecule has 1 aromatic heterocycles. The zero-order valence-corrected chi connectivity index (χ0v) is 17.2. The highest BCUT2D eigenvalue weighted by atomic mass is 35.5. The highest BCUT2D eigenvalue weighted by Gasteiger charge is 2.22. The molecule has 25 heavy (non-hydrogen) atoms. The fraction of sp³-hybridized carbons (Fsp3) is 0.824. The van der Waals surface area contributed by atoms with E-state index in [1.807, 2.05) is 10.8 Å². The van der Waals surface area contributed by atoms with Crippen molar-refractivity contribution in [2.24, 2.45) is 0 Å². The molecule has 6 nitrogen and oxygen atoms in total. The lowest BCUT2D eigenvalue weighted by molar-refractivity contribution is -0.696. The molecular formula is C17H34ClN3O3S. The van der Waals surface area contributed by atoms with Crippen LogP contribution in [0.5, 0.6) is 0 Å². The molecule has 0 saturated carbocycles. The first-order valence-corrected chi connectivity index (χ1v) is 10.5. The second kappa shape index (κ2) is 13.6. The normalized spacial score (nSPS) is 11.7. The molecule has 0 radical (unpaired) electrons. The molecule has 1 N–H and O–H groups in total. The maximum absolute atomic E-state index is 12.0. The van der Waals surface area contributed by atoms with Crippen LogP contribution in [0.2, 0.25) is 0 Å². The number of aryl methyl sites for hydroxylation is 1. The van der Waals surface area contributed by atoms with Gasteiger partial charge < -0.3 is 17.5 Å². The number of hydrogen-bond donors (Lipinski definition) is 1. The molecule has 148 valence electrons. The van der Waals surface area contributed by atoms with E-state index in [9.17, 15) is 8.42 Å². The summed E-state index contributed by atoms with van der Waals surface area (Å²) in [6.07, 6.45) is 17.0. The fourth-order valence-corrected chi connectivity index (χ4v) is 3.48. The van der Waals surface area contributed by atoms with Crippen molar-refractivity contribution in [2.75, 3.05) is 20.7 Å². The third kappa shape index (κ3) is 9.58. The Morgan fingerprint density at radius 2 is 1.40 bits per heavy atom. The molecule has 1 heterocycles. The van der Waals surface area contributed by atoms with Crippen LogP contribution in [0.25, 0.3) is 0 Å². The quantitative estimate of drug-likeness (QED) is 0.335. The van der Waals surface area contributed by atoms with Crippen LogP contribution < -0.4 is 17.0 Å². The zero-order chi connectivity index (χ0) is 17.8. The predicted molar refractivity (Wildman–Crippen MR) is 95.9 cm³/mol. The molecule has 0 aliphatic heterocycles. The third-order valence-electron chi connectivity index (χ3n) is 4.22. The second-order valence-corrected chi connectivity index (χ2v) is 8.58. The Labute approximate surface area is 159 Å². The van der Waals surface area contributed by atoms with Crippen molar-refractivity contribution >= 4 is 10.2 Å². The van der Waals surface area contributed by atoms with Crippen LogP contribution in [0.3, 0.4) is 0 Å². The monoisotopic (exact) mass is 395 g/mol. The van der Waals surface area contributed by atoms with Crippen molar-refractivity contribution in [2.45, 2.75) is 70.8 Å². The largest absolute Gasteiger partial charge is 1.00 e. The van der Waals surface area contributed by atoms with Crippen molar-refractivity contribution in [1.29, 1.82) is 0 Å². The molecule has 0 spiro atoms. The molecule has 0 aliphatic rings. The smallest absolute Gasteiger partial charge is 0.379 e. The van der Waals surface area contributed by atoms with Gasteiger partial charge in [-0.1, -0.05) is 44.9 Å². The molecule has 0 amide bonds. The van der Waals surface area contributed by atoms with E-state index >= 15 is 0 Å². The minimum absolute atomic E-state index is 0. The second-order valence-electron chi connectivity index (χ2n) is 6.53. The highest BCUT2D eigenvalue weighted by molar-refractivity contribution is 7.87. The molecule has 0 fully saturated rings. The molecule has 1 rings (SSSR count). The number of nitrogens with zero attached hydrogens (tertiary/aromatic N) is 3. The summed E-state index contributed by atoms with van der Waals surface area (Å²) in [7, 11) is -0.327. The number of aliphatic hydroxyl groups is 1. The van der Waals surface area contributed by atoms with Crippen LogP contribution in [0.15, 0.2) is 18.7 Å². The summed E-state index contributed by atoms with van der Waals surface area (Å²) in [4.78, 5) is 0. The minimum atomic E-state index is -3.39. The van der Waals surface area contributed by atoms with E-state index in [-0.39, 0.29) is 12.4 Å². The van der Waals surface area contributed by atoms with Crippen molar-refractivity contribution in [3.05, 3.63) is 18.7 Å². The number of aliphatic hydroxyl groups excluding tert-OH is 1. The maximum Gasteiger partial charge on any atom is 0.379 e. The first-order chi connectivity index (χ1) is 11.5. The molecule has 1 aromatic rings. The van der Waals surface area contributed by atoms with Gasteiger partial charge in [-0.3, -0.25) is 0 Å². The van der Waals surface area contributed by atoms with Gasteiger partial charge in [0.05, 0.1) is 6.54 Å². The van der Waals surface area contributed by atoms with Crippen molar-refractivity contribution in [3.63, 3.8) is 0 Å². The molecule has 0 saturated heterocycles. The van der Waals surface area contributed by atoms with Gasteiger partial charge >= 0.3 is 10.2 Å². The van der Waals surface area contributed by atoms with E-state index in [1.165, 1.54) is 67.3 Å². The van der Waals surface area contributed by atoms with Crippen LogP contribution in [0.4, 0.5) is 0 Å². The summed E-state index contributed by atoms with van der Waals surface area (Å²) >= 11 is 0. The Morgan fingerprint density at radius 3 is 1.88 bits per heavy atom. The summed E-state index contributed by atoms with van der Waals surface area (Å²) in [5.74, 6) is 0. The number of rotatable bonds is 14. The van der Waals surface area contributed by atoms with Gasteiger partial charge in [0.2, 0.25) is 0 Å². The minimum Gasteiger partial charge on any atom is -1.00 e. The Bertz CT molecular complexity index is 547. The van der Waals surface area contributed by atoms with Crippen LogP contribution in [0, 0.1) is 0 Å². The van der Waals surface area contributed by atoms with E-state index < -0.39 is 10.2 Å². The van der Waals surface area contributed by atoms with E-state index in [4.69, 9.17) is 5.11 Å². The summed E-state index contributed by atoms with van der Waals surface area (Å²) < 4.78 is 28.3. The van der Waals surface area contributed by atoms with Gasteiger partial charge in [0.1, 0.15) is 12.4 Å². The van der Waals surface area contributed by atoms with Gasteiger partial charge in [-0.05, 0) is 19.3 Å². The van der Waals surface area contributed by atoms with Gasteiger partial charge in [-0.25, -0.2) is 4.57 Å².